The van der Waals surface area contributed by atoms with Crippen LogP contribution in [-0.4, -0.2) is 36.7 Å². The highest BCUT2D eigenvalue weighted by Crippen LogP contribution is 2.17. The highest BCUT2D eigenvalue weighted by Gasteiger charge is 2.14. The first-order valence-electron chi connectivity index (χ1n) is 8.59. The van der Waals surface area contributed by atoms with Gasteiger partial charge in [0.1, 0.15) is 0 Å². The van der Waals surface area contributed by atoms with E-state index >= 15 is 0 Å². The van der Waals surface area contributed by atoms with Crippen LogP contribution < -0.4 is 0 Å². The fraction of sp³-hybridized carbons (Fsp3) is 0.182. The lowest BCUT2D eigenvalue weighted by Gasteiger charge is -2.17. The Morgan fingerprint density at radius 3 is 2.37 bits per heavy atom. The van der Waals surface area contributed by atoms with Gasteiger partial charge in [0.2, 0.25) is 0 Å². The van der Waals surface area contributed by atoms with Crippen LogP contribution in [0.15, 0.2) is 71.6 Å². The lowest BCUT2D eigenvalue weighted by atomic mass is 10.1. The molecule has 4 nitrogen and oxygen atoms in total. The van der Waals surface area contributed by atoms with Gasteiger partial charge in [-0.2, -0.15) is 0 Å². The number of carbonyl (C=O) groups is 2. The molecule has 3 aromatic carbocycles. The second-order valence-electron chi connectivity index (χ2n) is 6.24. The molecule has 0 unspecified atom stereocenters. The zero-order chi connectivity index (χ0) is 19.2. The third-order valence-corrected chi connectivity index (χ3v) is 5.06. The van der Waals surface area contributed by atoms with Crippen molar-refractivity contribution < 1.29 is 14.3 Å². The van der Waals surface area contributed by atoms with Gasteiger partial charge in [0, 0.05) is 18.5 Å². The Morgan fingerprint density at radius 2 is 1.67 bits per heavy atom. The van der Waals surface area contributed by atoms with E-state index in [1.807, 2.05) is 60.9 Å². The van der Waals surface area contributed by atoms with Gasteiger partial charge in [-0.25, -0.2) is 4.79 Å². The third kappa shape index (κ3) is 4.89. The van der Waals surface area contributed by atoms with Crippen LogP contribution in [0.25, 0.3) is 10.8 Å². The van der Waals surface area contributed by atoms with Gasteiger partial charge in [-0.15, -0.1) is 11.8 Å². The van der Waals surface area contributed by atoms with E-state index in [1.165, 1.54) is 4.90 Å². The number of carbonyl (C=O) groups excluding carboxylic acids is 2. The number of esters is 1. The fourth-order valence-corrected chi connectivity index (χ4v) is 3.14. The van der Waals surface area contributed by atoms with Gasteiger partial charge >= 0.3 is 5.97 Å². The fourth-order valence-electron chi connectivity index (χ4n) is 2.73. The Balaban J connectivity index is 1.55. The van der Waals surface area contributed by atoms with Crippen LogP contribution in [0.3, 0.4) is 0 Å². The van der Waals surface area contributed by atoms with Crippen LogP contribution in [0.2, 0.25) is 0 Å². The molecule has 0 aliphatic rings. The zero-order valence-electron chi connectivity index (χ0n) is 15.3. The number of hydrogen-bond donors (Lipinski definition) is 0. The average Bonchev–Trinajstić information content (AvgIpc) is 2.71. The summed E-state index contributed by atoms with van der Waals surface area (Å²) in [5.41, 5.74) is 1.47. The molecule has 0 spiro atoms. The van der Waals surface area contributed by atoms with E-state index < -0.39 is 5.97 Å². The van der Waals surface area contributed by atoms with Crippen LogP contribution in [-0.2, 0) is 16.1 Å². The first kappa shape index (κ1) is 19.0. The lowest BCUT2D eigenvalue weighted by Crippen LogP contribution is -2.30. The smallest absolute Gasteiger partial charge is 0.338 e. The minimum Gasteiger partial charge on any atom is -0.452 e. The summed E-state index contributed by atoms with van der Waals surface area (Å²) >= 11 is 1.67. The van der Waals surface area contributed by atoms with E-state index in [0.717, 1.165) is 16.3 Å². The Bertz CT molecular complexity index is 953. The molecule has 0 saturated carbocycles. The number of benzene rings is 3. The third-order valence-electron chi connectivity index (χ3n) is 4.32. The summed E-state index contributed by atoms with van der Waals surface area (Å²) in [6.07, 6.45) is 2.02. The molecule has 27 heavy (non-hydrogen) atoms. The molecule has 138 valence electrons. The van der Waals surface area contributed by atoms with Gasteiger partial charge in [0.05, 0.1) is 5.56 Å². The summed E-state index contributed by atoms with van der Waals surface area (Å²) in [6, 6.07) is 21.2. The van der Waals surface area contributed by atoms with E-state index in [9.17, 15) is 9.59 Å². The first-order valence-corrected chi connectivity index (χ1v) is 9.82. The van der Waals surface area contributed by atoms with Crippen molar-refractivity contribution in [2.24, 2.45) is 0 Å². The monoisotopic (exact) mass is 379 g/mol. The highest BCUT2D eigenvalue weighted by molar-refractivity contribution is 7.98. The maximum Gasteiger partial charge on any atom is 0.338 e. The SMILES string of the molecule is CSc1ccc(CN(C)C(=O)COC(=O)c2ccc3ccccc3c2)cc1. The number of ether oxygens (including phenoxy) is 1. The van der Waals surface area contributed by atoms with Gasteiger partial charge < -0.3 is 9.64 Å². The largest absolute Gasteiger partial charge is 0.452 e. The van der Waals surface area contributed by atoms with Crippen LogP contribution in [0, 0.1) is 0 Å². The molecule has 0 radical (unpaired) electrons. The minimum atomic E-state index is -0.494. The molecule has 0 bridgehead atoms. The van der Waals surface area contributed by atoms with Crippen molar-refractivity contribution in [2.45, 2.75) is 11.4 Å². The lowest BCUT2D eigenvalue weighted by molar-refractivity contribution is -0.133. The second kappa shape index (κ2) is 8.73. The van der Waals surface area contributed by atoms with Crippen molar-refractivity contribution >= 4 is 34.4 Å². The van der Waals surface area contributed by atoms with Gasteiger partial charge in [0.15, 0.2) is 6.61 Å². The molecule has 3 rings (SSSR count). The number of thioether (sulfide) groups is 1. The van der Waals surface area contributed by atoms with E-state index in [-0.39, 0.29) is 12.5 Å². The van der Waals surface area contributed by atoms with Crippen molar-refractivity contribution in [3.05, 3.63) is 77.9 Å². The Hall–Kier alpha value is -2.79. The molecule has 0 atom stereocenters. The molecule has 1 amide bonds. The van der Waals surface area contributed by atoms with E-state index in [1.54, 1.807) is 35.8 Å². The molecule has 0 N–H and O–H groups in total. The molecular weight excluding hydrogens is 358 g/mol. The summed E-state index contributed by atoms with van der Waals surface area (Å²) in [5, 5.41) is 2.02. The molecule has 3 aromatic rings. The first-order chi connectivity index (χ1) is 13.1. The molecule has 0 heterocycles. The van der Waals surface area contributed by atoms with Crippen LogP contribution >= 0.6 is 11.8 Å². The van der Waals surface area contributed by atoms with Crippen molar-refractivity contribution in [1.29, 1.82) is 0 Å². The molecule has 5 heteroatoms. The highest BCUT2D eigenvalue weighted by atomic mass is 32.2. The molecule has 0 fully saturated rings. The van der Waals surface area contributed by atoms with Crippen LogP contribution in [0.5, 0.6) is 0 Å². The summed E-state index contributed by atoms with van der Waals surface area (Å²) in [4.78, 5) is 27.2. The van der Waals surface area contributed by atoms with Crippen LogP contribution in [0.1, 0.15) is 15.9 Å². The number of fused-ring (bicyclic) bond motifs is 1. The topological polar surface area (TPSA) is 46.6 Å². The van der Waals surface area contributed by atoms with Gasteiger partial charge in [0.25, 0.3) is 5.91 Å². The summed E-state index contributed by atoms with van der Waals surface area (Å²) in [7, 11) is 1.70. The molecular formula is C22H21NO3S. The van der Waals surface area contributed by atoms with E-state index in [4.69, 9.17) is 4.74 Å². The van der Waals surface area contributed by atoms with Crippen molar-refractivity contribution in [1.82, 2.24) is 4.90 Å². The quantitative estimate of drug-likeness (QED) is 0.471. The Morgan fingerprint density at radius 1 is 0.963 bits per heavy atom. The maximum absolute atomic E-state index is 12.3. The molecule has 0 aliphatic heterocycles. The number of rotatable bonds is 6. The standard InChI is InChI=1S/C22H21NO3S/c1-23(14-16-7-11-20(27-2)12-8-16)21(24)15-26-22(25)19-10-9-17-5-3-4-6-18(17)13-19/h3-13H,14-15H2,1-2H3. The number of likely N-dealkylation sites (N-methyl/N-ethyl adjacent to an activating group) is 1. The van der Waals surface area contributed by atoms with Crippen molar-refractivity contribution in [2.75, 3.05) is 19.9 Å². The number of amides is 1. The van der Waals surface area contributed by atoms with Gasteiger partial charge in [-0.1, -0.05) is 42.5 Å². The van der Waals surface area contributed by atoms with E-state index in [2.05, 4.69) is 0 Å². The number of nitrogens with zero attached hydrogens (tertiary/aromatic N) is 1. The van der Waals surface area contributed by atoms with Crippen molar-refractivity contribution in [3.63, 3.8) is 0 Å². The van der Waals surface area contributed by atoms with Gasteiger partial charge in [-0.05, 0) is 46.9 Å². The summed E-state index contributed by atoms with van der Waals surface area (Å²) < 4.78 is 5.20. The number of hydrogen-bond acceptors (Lipinski definition) is 4. The predicted octanol–water partition coefficient (Wildman–Crippen LogP) is 4.38. The molecule has 0 aromatic heterocycles. The maximum atomic E-state index is 12.3. The predicted molar refractivity (Wildman–Crippen MR) is 109 cm³/mol. The Kier molecular flexibility index (Phi) is 6.14. The van der Waals surface area contributed by atoms with Crippen LogP contribution in [0.4, 0.5) is 0 Å². The van der Waals surface area contributed by atoms with Gasteiger partial charge in [-0.3, -0.25) is 4.79 Å². The van der Waals surface area contributed by atoms with E-state index in [0.29, 0.717) is 12.1 Å². The summed E-state index contributed by atoms with van der Waals surface area (Å²) in [5.74, 6) is -0.732. The second-order valence-corrected chi connectivity index (χ2v) is 7.12. The van der Waals surface area contributed by atoms with Crippen molar-refractivity contribution in [3.8, 4) is 0 Å². The minimum absolute atomic E-state index is 0.238. The average molecular weight is 379 g/mol. The normalized spacial score (nSPS) is 10.6. The zero-order valence-corrected chi connectivity index (χ0v) is 16.2. The Labute approximate surface area is 163 Å². The molecule has 0 aliphatic carbocycles. The summed E-state index contributed by atoms with van der Waals surface area (Å²) in [6.45, 7) is 0.200. The molecule has 0 saturated heterocycles.